The van der Waals surface area contributed by atoms with Crippen LogP contribution in [0.25, 0.3) is 0 Å². The number of hydrogen-bond donors (Lipinski definition) is 2. The average Bonchev–Trinajstić information content (AvgIpc) is 2.76. The Hall–Kier alpha value is -0.870. The molecular weight excluding hydrogens is 244 g/mol. The Morgan fingerprint density at radius 2 is 2.11 bits per heavy atom. The van der Waals surface area contributed by atoms with Gasteiger partial charge in [-0.1, -0.05) is 19.3 Å². The van der Waals surface area contributed by atoms with Crippen molar-refractivity contribution in [3.63, 3.8) is 0 Å². The number of carbonyl (C=O) groups excluding carboxylic acids is 1. The lowest BCUT2D eigenvalue weighted by atomic mass is 9.95. The van der Waals surface area contributed by atoms with Crippen molar-refractivity contribution in [2.75, 3.05) is 6.54 Å². The van der Waals surface area contributed by atoms with E-state index >= 15 is 0 Å². The van der Waals surface area contributed by atoms with Gasteiger partial charge in [-0.05, 0) is 31.9 Å². The Balaban J connectivity index is 1.62. The van der Waals surface area contributed by atoms with Gasteiger partial charge in [0.05, 0.1) is 6.54 Å². The fourth-order valence-corrected chi connectivity index (χ4v) is 3.26. The van der Waals surface area contributed by atoms with Crippen LogP contribution in [0.4, 0.5) is 0 Å². The average molecular weight is 266 g/mol. The third-order valence-electron chi connectivity index (χ3n) is 3.35. The predicted molar refractivity (Wildman–Crippen MR) is 75.8 cm³/mol. The van der Waals surface area contributed by atoms with E-state index in [4.69, 9.17) is 0 Å². The summed E-state index contributed by atoms with van der Waals surface area (Å²) >= 11 is 1.78. The predicted octanol–water partition coefficient (Wildman–Crippen LogP) is 2.60. The van der Waals surface area contributed by atoms with E-state index < -0.39 is 0 Å². The molecule has 0 spiro atoms. The van der Waals surface area contributed by atoms with Crippen LogP contribution in [0.5, 0.6) is 0 Å². The van der Waals surface area contributed by atoms with Crippen LogP contribution in [0.3, 0.4) is 0 Å². The molecule has 0 atom stereocenters. The third kappa shape index (κ3) is 4.42. The number of amides is 1. The Morgan fingerprint density at radius 3 is 2.78 bits per heavy atom. The summed E-state index contributed by atoms with van der Waals surface area (Å²) in [5.74, 6) is 0.134. The Labute approximate surface area is 113 Å². The first-order valence-corrected chi connectivity index (χ1v) is 7.61. The van der Waals surface area contributed by atoms with Crippen molar-refractivity contribution in [2.24, 2.45) is 0 Å². The molecule has 1 amide bonds. The molecule has 1 aromatic heterocycles. The largest absolute Gasteiger partial charge is 0.352 e. The van der Waals surface area contributed by atoms with Crippen molar-refractivity contribution in [1.82, 2.24) is 10.6 Å². The van der Waals surface area contributed by atoms with Crippen molar-refractivity contribution < 1.29 is 4.79 Å². The van der Waals surface area contributed by atoms with Crippen LogP contribution in [-0.4, -0.2) is 18.5 Å². The maximum Gasteiger partial charge on any atom is 0.234 e. The second-order valence-corrected chi connectivity index (χ2v) is 6.39. The van der Waals surface area contributed by atoms with E-state index in [-0.39, 0.29) is 5.91 Å². The maximum absolute atomic E-state index is 11.7. The second-order valence-electron chi connectivity index (χ2n) is 5.02. The monoisotopic (exact) mass is 266 g/mol. The van der Waals surface area contributed by atoms with E-state index in [0.29, 0.717) is 12.6 Å². The topological polar surface area (TPSA) is 41.1 Å². The molecule has 3 nitrogen and oxygen atoms in total. The van der Waals surface area contributed by atoms with Crippen LogP contribution in [-0.2, 0) is 11.3 Å². The lowest BCUT2D eigenvalue weighted by Crippen LogP contribution is -2.41. The van der Waals surface area contributed by atoms with E-state index in [2.05, 4.69) is 29.7 Å². The maximum atomic E-state index is 11.7. The van der Waals surface area contributed by atoms with Crippen LogP contribution in [0, 0.1) is 6.92 Å². The SMILES string of the molecule is Cc1ccc(CNCC(=O)NC2CCCCC2)s1. The molecule has 100 valence electrons. The van der Waals surface area contributed by atoms with Crippen molar-refractivity contribution in [2.45, 2.75) is 51.6 Å². The summed E-state index contributed by atoms with van der Waals surface area (Å²) in [6.07, 6.45) is 6.13. The van der Waals surface area contributed by atoms with Gasteiger partial charge in [-0.2, -0.15) is 0 Å². The molecule has 0 bridgehead atoms. The van der Waals surface area contributed by atoms with Crippen molar-refractivity contribution >= 4 is 17.2 Å². The van der Waals surface area contributed by atoms with Gasteiger partial charge in [0.25, 0.3) is 0 Å². The molecule has 4 heteroatoms. The molecule has 0 aromatic carbocycles. The molecule has 0 unspecified atom stereocenters. The quantitative estimate of drug-likeness (QED) is 0.860. The molecule has 2 N–H and O–H groups in total. The Morgan fingerprint density at radius 1 is 1.33 bits per heavy atom. The number of nitrogens with one attached hydrogen (secondary N) is 2. The lowest BCUT2D eigenvalue weighted by molar-refractivity contribution is -0.121. The first-order valence-electron chi connectivity index (χ1n) is 6.79. The second kappa shape index (κ2) is 6.90. The number of hydrogen-bond acceptors (Lipinski definition) is 3. The van der Waals surface area contributed by atoms with Gasteiger partial charge >= 0.3 is 0 Å². The summed E-state index contributed by atoms with van der Waals surface area (Å²) in [6, 6.07) is 4.65. The van der Waals surface area contributed by atoms with Gasteiger partial charge in [0.15, 0.2) is 0 Å². The van der Waals surface area contributed by atoms with Crippen LogP contribution < -0.4 is 10.6 Å². The highest BCUT2D eigenvalue weighted by Gasteiger charge is 2.15. The van der Waals surface area contributed by atoms with Gasteiger partial charge in [0.2, 0.25) is 5.91 Å². The highest BCUT2D eigenvalue weighted by atomic mass is 32.1. The highest BCUT2D eigenvalue weighted by molar-refractivity contribution is 7.11. The van der Waals surface area contributed by atoms with E-state index in [1.54, 1.807) is 11.3 Å². The zero-order chi connectivity index (χ0) is 12.8. The van der Waals surface area contributed by atoms with Gasteiger partial charge in [0.1, 0.15) is 0 Å². The zero-order valence-corrected chi connectivity index (χ0v) is 11.8. The molecule has 0 saturated heterocycles. The molecule has 1 aliphatic carbocycles. The van der Waals surface area contributed by atoms with E-state index in [1.807, 2.05) is 0 Å². The summed E-state index contributed by atoms with van der Waals surface area (Å²) in [4.78, 5) is 14.3. The Bertz CT molecular complexity index is 383. The van der Waals surface area contributed by atoms with Crippen molar-refractivity contribution in [3.05, 3.63) is 21.9 Å². The summed E-state index contributed by atoms with van der Waals surface area (Å²) in [7, 11) is 0. The van der Waals surface area contributed by atoms with E-state index in [0.717, 1.165) is 19.4 Å². The normalized spacial score (nSPS) is 16.7. The number of aryl methyl sites for hydroxylation is 1. The molecule has 1 saturated carbocycles. The minimum absolute atomic E-state index is 0.134. The summed E-state index contributed by atoms with van der Waals surface area (Å²) in [5, 5.41) is 6.32. The van der Waals surface area contributed by atoms with Crippen LogP contribution >= 0.6 is 11.3 Å². The van der Waals surface area contributed by atoms with Gasteiger partial charge in [0, 0.05) is 22.3 Å². The number of thiophene rings is 1. The molecular formula is C14H22N2OS. The minimum Gasteiger partial charge on any atom is -0.352 e. The molecule has 0 radical (unpaired) electrons. The van der Waals surface area contributed by atoms with Crippen molar-refractivity contribution in [1.29, 1.82) is 0 Å². The Kier molecular flexibility index (Phi) is 5.20. The fraction of sp³-hybridized carbons (Fsp3) is 0.643. The van der Waals surface area contributed by atoms with Crippen LogP contribution in [0.1, 0.15) is 41.9 Å². The number of carbonyl (C=O) groups is 1. The number of rotatable bonds is 5. The summed E-state index contributed by atoms with van der Waals surface area (Å²) < 4.78 is 0. The minimum atomic E-state index is 0.134. The van der Waals surface area contributed by atoms with Crippen LogP contribution in [0.2, 0.25) is 0 Å². The summed E-state index contributed by atoms with van der Waals surface area (Å²) in [5.41, 5.74) is 0. The molecule has 1 aliphatic rings. The first kappa shape index (κ1) is 13.6. The zero-order valence-electron chi connectivity index (χ0n) is 11.0. The first-order chi connectivity index (χ1) is 8.74. The van der Waals surface area contributed by atoms with Gasteiger partial charge in [-0.25, -0.2) is 0 Å². The molecule has 18 heavy (non-hydrogen) atoms. The highest BCUT2D eigenvalue weighted by Crippen LogP contribution is 2.17. The third-order valence-corrected chi connectivity index (χ3v) is 4.35. The molecule has 1 fully saturated rings. The lowest BCUT2D eigenvalue weighted by Gasteiger charge is -2.22. The van der Waals surface area contributed by atoms with Crippen LogP contribution in [0.15, 0.2) is 12.1 Å². The van der Waals surface area contributed by atoms with Gasteiger partial charge in [-0.15, -0.1) is 11.3 Å². The van der Waals surface area contributed by atoms with Gasteiger partial charge in [-0.3, -0.25) is 4.79 Å². The molecule has 2 rings (SSSR count). The standard InChI is InChI=1S/C14H22N2OS/c1-11-7-8-13(18-11)9-15-10-14(17)16-12-5-3-2-4-6-12/h7-8,12,15H,2-6,9-10H2,1H3,(H,16,17). The molecule has 0 aliphatic heterocycles. The smallest absolute Gasteiger partial charge is 0.234 e. The molecule has 1 heterocycles. The fourth-order valence-electron chi connectivity index (χ4n) is 2.40. The van der Waals surface area contributed by atoms with Gasteiger partial charge < -0.3 is 10.6 Å². The van der Waals surface area contributed by atoms with E-state index in [9.17, 15) is 4.79 Å². The van der Waals surface area contributed by atoms with E-state index in [1.165, 1.54) is 29.0 Å². The van der Waals surface area contributed by atoms with Crippen molar-refractivity contribution in [3.8, 4) is 0 Å². The molecule has 1 aromatic rings. The summed E-state index contributed by atoms with van der Waals surface area (Å²) in [6.45, 7) is 3.31.